The maximum atomic E-state index is 4.64. The van der Waals surface area contributed by atoms with Gasteiger partial charge in [-0.05, 0) is 45.2 Å². The molecule has 0 saturated carbocycles. The highest BCUT2D eigenvalue weighted by Gasteiger charge is 2.38. The van der Waals surface area contributed by atoms with E-state index >= 15 is 0 Å². The first kappa shape index (κ1) is 13.1. The molecule has 2 aliphatic heterocycles. The molecule has 4 heteroatoms. The van der Waals surface area contributed by atoms with E-state index in [1.165, 1.54) is 56.6 Å². The van der Waals surface area contributed by atoms with Crippen molar-refractivity contribution < 1.29 is 0 Å². The Morgan fingerprint density at radius 1 is 1.16 bits per heavy atom. The average molecular weight is 262 g/mol. The van der Waals surface area contributed by atoms with Gasteiger partial charge >= 0.3 is 0 Å². The first-order valence-electron chi connectivity index (χ1n) is 7.99. The highest BCUT2D eigenvalue weighted by atomic mass is 15.3. The van der Waals surface area contributed by atoms with Gasteiger partial charge < -0.3 is 9.88 Å². The van der Waals surface area contributed by atoms with Crippen LogP contribution in [-0.2, 0) is 18.4 Å². The van der Waals surface area contributed by atoms with Crippen molar-refractivity contribution in [3.8, 4) is 0 Å². The van der Waals surface area contributed by atoms with Crippen molar-refractivity contribution in [3.05, 3.63) is 11.6 Å². The normalized spacial score (nSPS) is 22.8. The summed E-state index contributed by atoms with van der Waals surface area (Å²) in [6.45, 7) is 5.68. The molecule has 3 rings (SSSR count). The van der Waals surface area contributed by atoms with Crippen molar-refractivity contribution >= 4 is 0 Å². The molecule has 0 aromatic carbocycles. The third-order valence-corrected chi connectivity index (χ3v) is 4.87. The maximum Gasteiger partial charge on any atom is 0.139 e. The molecule has 106 valence electrons. The number of nitrogens with one attached hydrogen (secondary N) is 1. The van der Waals surface area contributed by atoms with Crippen LogP contribution >= 0.6 is 0 Å². The van der Waals surface area contributed by atoms with E-state index in [9.17, 15) is 0 Å². The minimum absolute atomic E-state index is 0.287. The largest absolute Gasteiger partial charge is 0.317 e. The summed E-state index contributed by atoms with van der Waals surface area (Å²) >= 11 is 0. The molecular formula is C15H26N4. The molecule has 1 saturated heterocycles. The number of rotatable bonds is 3. The lowest BCUT2D eigenvalue weighted by atomic mass is 9.74. The molecule has 0 bridgehead atoms. The molecule has 1 aromatic heterocycles. The van der Waals surface area contributed by atoms with Gasteiger partial charge in [0.15, 0.2) is 0 Å². The van der Waals surface area contributed by atoms with Crippen LogP contribution in [0.15, 0.2) is 0 Å². The van der Waals surface area contributed by atoms with Gasteiger partial charge in [0.2, 0.25) is 0 Å². The van der Waals surface area contributed by atoms with Crippen molar-refractivity contribution in [3.63, 3.8) is 0 Å². The van der Waals surface area contributed by atoms with Gasteiger partial charge in [-0.1, -0.05) is 19.8 Å². The van der Waals surface area contributed by atoms with E-state index in [4.69, 9.17) is 0 Å². The first-order chi connectivity index (χ1) is 9.36. The van der Waals surface area contributed by atoms with E-state index in [2.05, 4.69) is 27.0 Å². The van der Waals surface area contributed by atoms with Crippen molar-refractivity contribution in [2.45, 2.75) is 70.3 Å². The predicted molar refractivity (Wildman–Crippen MR) is 76.3 cm³/mol. The van der Waals surface area contributed by atoms with Crippen molar-refractivity contribution in [2.24, 2.45) is 0 Å². The molecular weight excluding hydrogens is 236 g/mol. The second kappa shape index (κ2) is 5.61. The van der Waals surface area contributed by atoms with Gasteiger partial charge in [-0.15, -0.1) is 10.2 Å². The Balaban J connectivity index is 1.96. The molecule has 0 amide bonds. The average Bonchev–Trinajstić information content (AvgIpc) is 2.70. The molecule has 1 aromatic rings. The van der Waals surface area contributed by atoms with Crippen LogP contribution in [0.4, 0.5) is 0 Å². The Morgan fingerprint density at radius 3 is 2.79 bits per heavy atom. The van der Waals surface area contributed by atoms with E-state index < -0.39 is 0 Å². The van der Waals surface area contributed by atoms with Gasteiger partial charge in [0, 0.05) is 18.4 Å². The van der Waals surface area contributed by atoms with Crippen molar-refractivity contribution in [2.75, 3.05) is 13.1 Å². The van der Waals surface area contributed by atoms with Gasteiger partial charge in [0.1, 0.15) is 11.6 Å². The van der Waals surface area contributed by atoms with Crippen LogP contribution in [0.1, 0.15) is 63.5 Å². The molecule has 4 nitrogen and oxygen atoms in total. The number of aryl methyl sites for hydroxylation is 1. The monoisotopic (exact) mass is 262 g/mol. The second-order valence-electron chi connectivity index (χ2n) is 6.18. The lowest BCUT2D eigenvalue weighted by molar-refractivity contribution is 0.260. The van der Waals surface area contributed by atoms with Crippen LogP contribution in [0.2, 0.25) is 0 Å². The van der Waals surface area contributed by atoms with Gasteiger partial charge in [0.05, 0.1) is 0 Å². The van der Waals surface area contributed by atoms with Crippen molar-refractivity contribution in [1.29, 1.82) is 0 Å². The SMILES string of the molecule is CCCC1(c2nnc3n2CCCCC3)CCNCC1. The highest BCUT2D eigenvalue weighted by molar-refractivity contribution is 5.13. The topological polar surface area (TPSA) is 42.7 Å². The lowest BCUT2D eigenvalue weighted by Gasteiger charge is -2.37. The third kappa shape index (κ3) is 2.42. The molecule has 0 radical (unpaired) electrons. The standard InChI is InChI=1S/C15H26N4/c1-2-7-15(8-10-16-11-9-15)14-18-17-13-6-4-3-5-12-19(13)14/h16H,2-12H2,1H3. The highest BCUT2D eigenvalue weighted by Crippen LogP contribution is 2.37. The summed E-state index contributed by atoms with van der Waals surface area (Å²) in [5.74, 6) is 2.54. The molecule has 0 atom stereocenters. The summed E-state index contributed by atoms with van der Waals surface area (Å²) in [4.78, 5) is 0. The Bertz CT molecular complexity index is 412. The van der Waals surface area contributed by atoms with Crippen LogP contribution < -0.4 is 5.32 Å². The number of hydrogen-bond donors (Lipinski definition) is 1. The number of piperidine rings is 1. The minimum atomic E-state index is 0.287. The van der Waals surface area contributed by atoms with Gasteiger partial charge in [-0.25, -0.2) is 0 Å². The molecule has 0 unspecified atom stereocenters. The second-order valence-corrected chi connectivity index (χ2v) is 6.18. The fraction of sp³-hybridized carbons (Fsp3) is 0.867. The van der Waals surface area contributed by atoms with Gasteiger partial charge in [-0.3, -0.25) is 0 Å². The minimum Gasteiger partial charge on any atom is -0.317 e. The Morgan fingerprint density at radius 2 is 2.00 bits per heavy atom. The fourth-order valence-corrected chi connectivity index (χ4v) is 3.85. The zero-order valence-electron chi connectivity index (χ0n) is 12.1. The number of aromatic nitrogens is 3. The van der Waals surface area contributed by atoms with Crippen LogP contribution in [0.25, 0.3) is 0 Å². The van der Waals surface area contributed by atoms with Crippen LogP contribution in [-0.4, -0.2) is 27.9 Å². The number of hydrogen-bond acceptors (Lipinski definition) is 3. The molecule has 2 aliphatic rings. The molecule has 0 aliphatic carbocycles. The summed E-state index contributed by atoms with van der Waals surface area (Å²) in [7, 11) is 0. The molecule has 3 heterocycles. The van der Waals surface area contributed by atoms with E-state index in [0.29, 0.717) is 0 Å². The Hall–Kier alpha value is -0.900. The van der Waals surface area contributed by atoms with Crippen LogP contribution in [0, 0.1) is 0 Å². The summed E-state index contributed by atoms with van der Waals surface area (Å²) < 4.78 is 2.47. The zero-order valence-corrected chi connectivity index (χ0v) is 12.1. The quantitative estimate of drug-likeness (QED) is 0.909. The molecule has 0 spiro atoms. The van der Waals surface area contributed by atoms with E-state index in [1.807, 2.05) is 0 Å². The number of fused-ring (bicyclic) bond motifs is 1. The third-order valence-electron chi connectivity index (χ3n) is 4.87. The Kier molecular flexibility index (Phi) is 3.87. The van der Waals surface area contributed by atoms with E-state index in [1.54, 1.807) is 0 Å². The molecule has 1 N–H and O–H groups in total. The zero-order chi connectivity index (χ0) is 13.1. The summed E-state index contributed by atoms with van der Waals surface area (Å²) in [5.41, 5.74) is 0.287. The van der Waals surface area contributed by atoms with Gasteiger partial charge in [-0.2, -0.15) is 0 Å². The summed E-state index contributed by atoms with van der Waals surface area (Å²) in [6, 6.07) is 0. The first-order valence-corrected chi connectivity index (χ1v) is 7.99. The number of nitrogens with zero attached hydrogens (tertiary/aromatic N) is 3. The molecule has 1 fully saturated rings. The fourth-order valence-electron chi connectivity index (χ4n) is 3.85. The van der Waals surface area contributed by atoms with E-state index in [-0.39, 0.29) is 5.41 Å². The van der Waals surface area contributed by atoms with E-state index in [0.717, 1.165) is 26.1 Å². The molecule has 19 heavy (non-hydrogen) atoms. The summed E-state index contributed by atoms with van der Waals surface area (Å²) in [6.07, 6.45) is 9.96. The van der Waals surface area contributed by atoms with Crippen LogP contribution in [0.5, 0.6) is 0 Å². The van der Waals surface area contributed by atoms with Gasteiger partial charge in [0.25, 0.3) is 0 Å². The predicted octanol–water partition coefficient (Wildman–Crippen LogP) is 2.43. The van der Waals surface area contributed by atoms with Crippen LogP contribution in [0.3, 0.4) is 0 Å². The Labute approximate surface area is 116 Å². The maximum absolute atomic E-state index is 4.64. The van der Waals surface area contributed by atoms with Crippen molar-refractivity contribution in [1.82, 2.24) is 20.1 Å². The smallest absolute Gasteiger partial charge is 0.139 e. The lowest BCUT2D eigenvalue weighted by Crippen LogP contribution is -2.41. The summed E-state index contributed by atoms with van der Waals surface area (Å²) in [5, 5.41) is 12.6.